The minimum Gasteiger partial charge on any atom is -0.394 e. The predicted octanol–water partition coefficient (Wildman–Crippen LogP) is -0.891. The Balaban J connectivity index is 0. The maximum Gasteiger partial charge on any atom is 0.0768 e. The number of hydrogen-bond donors (Lipinski definition) is 4. The first-order valence-electron chi connectivity index (χ1n) is 3.66. The van der Waals surface area contributed by atoms with Gasteiger partial charge >= 0.3 is 0 Å². The maximum atomic E-state index is 8.42. The molecule has 70 valence electrons. The van der Waals surface area contributed by atoms with E-state index >= 15 is 0 Å². The average molecular weight is 166 g/mol. The summed E-state index contributed by atoms with van der Waals surface area (Å²) in [5, 5.41) is 32.5. The van der Waals surface area contributed by atoms with Crippen LogP contribution in [0.25, 0.3) is 0 Å². The molecule has 0 bridgehead atoms. The van der Waals surface area contributed by atoms with Crippen molar-refractivity contribution in [1.29, 1.82) is 0 Å². The first kappa shape index (κ1) is 13.4. The van der Waals surface area contributed by atoms with Gasteiger partial charge in [-0.05, 0) is 13.3 Å². The summed E-state index contributed by atoms with van der Waals surface area (Å²) in [5.74, 6) is 0. The van der Waals surface area contributed by atoms with Gasteiger partial charge in [0.2, 0.25) is 0 Å². The van der Waals surface area contributed by atoms with Gasteiger partial charge in [0.05, 0.1) is 25.4 Å². The third kappa shape index (κ3) is 17.7. The molecular formula is C7H18O4. The highest BCUT2D eigenvalue weighted by molar-refractivity contribution is 4.43. The Bertz CT molecular complexity index is 61.5. The Labute approximate surface area is 67.1 Å². The topological polar surface area (TPSA) is 80.9 Å². The van der Waals surface area contributed by atoms with Gasteiger partial charge in [0.25, 0.3) is 0 Å². The molecule has 11 heavy (non-hydrogen) atoms. The van der Waals surface area contributed by atoms with Crippen molar-refractivity contribution in [2.45, 2.75) is 32.5 Å². The third-order valence-corrected chi connectivity index (χ3v) is 0.946. The van der Waals surface area contributed by atoms with Crippen molar-refractivity contribution in [3.05, 3.63) is 0 Å². The van der Waals surface area contributed by atoms with E-state index in [1.54, 1.807) is 0 Å². The Morgan fingerprint density at radius 2 is 1.45 bits per heavy atom. The summed E-state index contributed by atoms with van der Waals surface area (Å²) in [6, 6.07) is 0. The van der Waals surface area contributed by atoms with Gasteiger partial charge in [-0.3, -0.25) is 0 Å². The molecule has 4 nitrogen and oxygen atoms in total. The molecule has 0 aliphatic carbocycles. The summed E-state index contributed by atoms with van der Waals surface area (Å²) in [4.78, 5) is 0. The van der Waals surface area contributed by atoms with E-state index in [0.717, 1.165) is 0 Å². The molecular weight excluding hydrogens is 148 g/mol. The maximum absolute atomic E-state index is 8.42. The van der Waals surface area contributed by atoms with Gasteiger partial charge in [-0.25, -0.2) is 0 Å². The van der Waals surface area contributed by atoms with Crippen LogP contribution in [-0.4, -0.2) is 45.8 Å². The zero-order chi connectivity index (χ0) is 9.28. The summed E-state index contributed by atoms with van der Waals surface area (Å²) < 4.78 is 0. The van der Waals surface area contributed by atoms with E-state index in [4.69, 9.17) is 20.4 Å². The van der Waals surface area contributed by atoms with Crippen molar-refractivity contribution < 1.29 is 20.4 Å². The average Bonchev–Trinajstić information content (AvgIpc) is 2.04. The van der Waals surface area contributed by atoms with Crippen molar-refractivity contribution in [3.8, 4) is 0 Å². The standard InChI is InChI=1S/C4H10O2.C3H8O2/c1-2-4(6)3-5;1-3(5)2-4/h4-6H,2-3H2,1H3;3-5H,2H2,1H3. The molecule has 4 heteroatoms. The van der Waals surface area contributed by atoms with Crippen molar-refractivity contribution in [2.75, 3.05) is 13.2 Å². The Kier molecular flexibility index (Phi) is 12.0. The van der Waals surface area contributed by atoms with Crippen LogP contribution >= 0.6 is 0 Å². The SMILES string of the molecule is CC(O)CO.CCC(O)CO. The Morgan fingerprint density at radius 1 is 1.09 bits per heavy atom. The molecule has 0 aromatic heterocycles. The molecule has 0 aliphatic rings. The summed E-state index contributed by atoms with van der Waals surface area (Å²) in [6.45, 7) is 3.09. The van der Waals surface area contributed by atoms with Crippen molar-refractivity contribution in [1.82, 2.24) is 0 Å². The van der Waals surface area contributed by atoms with Crippen LogP contribution < -0.4 is 0 Å². The Morgan fingerprint density at radius 3 is 1.45 bits per heavy atom. The van der Waals surface area contributed by atoms with Gasteiger partial charge in [-0.2, -0.15) is 0 Å². The highest BCUT2D eigenvalue weighted by Crippen LogP contribution is 1.83. The molecule has 0 aromatic carbocycles. The zero-order valence-corrected chi connectivity index (χ0v) is 7.06. The van der Waals surface area contributed by atoms with Crippen molar-refractivity contribution in [3.63, 3.8) is 0 Å². The molecule has 0 amide bonds. The monoisotopic (exact) mass is 166 g/mol. The van der Waals surface area contributed by atoms with Crippen LogP contribution in [0.15, 0.2) is 0 Å². The molecule has 0 aliphatic heterocycles. The molecule has 0 saturated carbocycles. The van der Waals surface area contributed by atoms with E-state index in [1.807, 2.05) is 6.92 Å². The van der Waals surface area contributed by atoms with E-state index < -0.39 is 12.2 Å². The third-order valence-electron chi connectivity index (χ3n) is 0.946. The van der Waals surface area contributed by atoms with E-state index in [9.17, 15) is 0 Å². The van der Waals surface area contributed by atoms with Gasteiger partial charge < -0.3 is 20.4 Å². The lowest BCUT2D eigenvalue weighted by Gasteiger charge is -1.97. The fraction of sp³-hybridized carbons (Fsp3) is 1.00. The lowest BCUT2D eigenvalue weighted by atomic mass is 10.3. The van der Waals surface area contributed by atoms with Gasteiger partial charge in [0.1, 0.15) is 0 Å². The highest BCUT2D eigenvalue weighted by Gasteiger charge is 1.92. The number of hydrogen-bond acceptors (Lipinski definition) is 4. The molecule has 0 aromatic rings. The van der Waals surface area contributed by atoms with Crippen LogP contribution in [0.4, 0.5) is 0 Å². The number of rotatable bonds is 3. The highest BCUT2D eigenvalue weighted by atomic mass is 16.3. The van der Waals surface area contributed by atoms with Crippen LogP contribution in [0.2, 0.25) is 0 Å². The van der Waals surface area contributed by atoms with Crippen LogP contribution in [0.1, 0.15) is 20.3 Å². The molecule has 4 N–H and O–H groups in total. The molecule has 0 rings (SSSR count). The summed E-state index contributed by atoms with van der Waals surface area (Å²) in [6.07, 6.45) is -0.434. The lowest BCUT2D eigenvalue weighted by Crippen LogP contribution is -2.08. The van der Waals surface area contributed by atoms with Gasteiger partial charge in [-0.15, -0.1) is 0 Å². The van der Waals surface area contributed by atoms with Crippen LogP contribution in [0, 0.1) is 0 Å². The van der Waals surface area contributed by atoms with Crippen LogP contribution in [0.5, 0.6) is 0 Å². The fourth-order valence-electron chi connectivity index (χ4n) is 0.129. The largest absolute Gasteiger partial charge is 0.394 e. The molecule has 0 radical (unpaired) electrons. The van der Waals surface area contributed by atoms with Crippen LogP contribution in [-0.2, 0) is 0 Å². The molecule has 2 atom stereocenters. The smallest absolute Gasteiger partial charge is 0.0768 e. The van der Waals surface area contributed by atoms with Gasteiger partial charge in [0, 0.05) is 0 Å². The summed E-state index contributed by atoms with van der Waals surface area (Å²) >= 11 is 0. The molecule has 0 heterocycles. The van der Waals surface area contributed by atoms with Gasteiger partial charge in [-0.1, -0.05) is 6.92 Å². The van der Waals surface area contributed by atoms with Crippen LogP contribution in [0.3, 0.4) is 0 Å². The summed E-state index contributed by atoms with van der Waals surface area (Å²) in [7, 11) is 0. The van der Waals surface area contributed by atoms with Gasteiger partial charge in [0.15, 0.2) is 0 Å². The first-order valence-corrected chi connectivity index (χ1v) is 3.66. The lowest BCUT2D eigenvalue weighted by molar-refractivity contribution is 0.0923. The molecule has 2 unspecified atom stereocenters. The van der Waals surface area contributed by atoms with E-state index in [1.165, 1.54) is 6.92 Å². The summed E-state index contributed by atoms with van der Waals surface area (Å²) in [5.41, 5.74) is 0. The quantitative estimate of drug-likeness (QED) is 0.438. The molecule has 0 fully saturated rings. The first-order chi connectivity index (χ1) is 5.08. The number of aliphatic hydroxyl groups is 4. The van der Waals surface area contributed by atoms with E-state index in [2.05, 4.69) is 0 Å². The Hall–Kier alpha value is -0.160. The zero-order valence-electron chi connectivity index (χ0n) is 7.06. The minimum absolute atomic E-state index is 0.115. The van der Waals surface area contributed by atoms with Crippen molar-refractivity contribution >= 4 is 0 Å². The molecule has 0 saturated heterocycles. The van der Waals surface area contributed by atoms with E-state index in [0.29, 0.717) is 6.42 Å². The normalized spacial score (nSPS) is 14.7. The second kappa shape index (κ2) is 9.84. The molecule has 0 spiro atoms. The minimum atomic E-state index is -0.560. The van der Waals surface area contributed by atoms with E-state index in [-0.39, 0.29) is 13.2 Å². The fourth-order valence-corrected chi connectivity index (χ4v) is 0.129. The predicted molar refractivity (Wildman–Crippen MR) is 42.2 cm³/mol. The van der Waals surface area contributed by atoms with Crippen molar-refractivity contribution in [2.24, 2.45) is 0 Å². The second-order valence-electron chi connectivity index (χ2n) is 2.28. The second-order valence-corrected chi connectivity index (χ2v) is 2.28. The number of aliphatic hydroxyl groups excluding tert-OH is 4.